The molecule has 0 aromatic heterocycles. The van der Waals surface area contributed by atoms with Crippen molar-refractivity contribution in [1.82, 2.24) is 4.90 Å². The van der Waals surface area contributed by atoms with Crippen LogP contribution in [0, 0.1) is 5.92 Å². The molecule has 0 radical (unpaired) electrons. The van der Waals surface area contributed by atoms with Crippen molar-refractivity contribution in [3.05, 3.63) is 0 Å². The van der Waals surface area contributed by atoms with Gasteiger partial charge in [-0.15, -0.1) is 0 Å². The lowest BCUT2D eigenvalue weighted by Gasteiger charge is -2.35. The van der Waals surface area contributed by atoms with Gasteiger partial charge in [0.15, 0.2) is 0 Å². The Bertz CT molecular complexity index is 254. The third-order valence-corrected chi connectivity index (χ3v) is 3.90. The maximum atomic E-state index is 11.5. The first-order valence-electron chi connectivity index (χ1n) is 6.39. The largest absolute Gasteiger partial charge is 0.379 e. The number of ether oxygens (including phenoxy) is 1. The first-order chi connectivity index (χ1) is 8.00. The molecule has 4 N–H and O–H groups in total. The molecule has 0 aromatic carbocycles. The molecule has 1 rings (SSSR count). The number of amides is 1. The van der Waals surface area contributed by atoms with E-state index in [2.05, 4.69) is 4.90 Å². The molecule has 0 saturated carbocycles. The zero-order chi connectivity index (χ0) is 12.9. The predicted molar refractivity (Wildman–Crippen MR) is 67.4 cm³/mol. The Morgan fingerprint density at radius 2 is 2.06 bits per heavy atom. The lowest BCUT2D eigenvalue weighted by Crippen LogP contribution is -2.58. The van der Waals surface area contributed by atoms with Crippen molar-refractivity contribution in [2.75, 3.05) is 32.8 Å². The normalized spacial score (nSPS) is 23.0. The summed E-state index contributed by atoms with van der Waals surface area (Å²) in [6, 6.07) is 0. The average molecular weight is 243 g/mol. The fraction of sp³-hybridized carbons (Fsp3) is 0.917. The van der Waals surface area contributed by atoms with Crippen LogP contribution in [0.25, 0.3) is 0 Å². The number of morpholine rings is 1. The Labute approximate surface area is 103 Å². The highest BCUT2D eigenvalue weighted by Gasteiger charge is 2.37. The summed E-state index contributed by atoms with van der Waals surface area (Å²) in [5.74, 6) is -0.277. The quantitative estimate of drug-likeness (QED) is 0.684. The molecule has 1 fully saturated rings. The van der Waals surface area contributed by atoms with E-state index in [1.165, 1.54) is 0 Å². The minimum atomic E-state index is -0.882. The molecule has 1 aliphatic rings. The molecule has 5 heteroatoms. The fourth-order valence-corrected chi connectivity index (χ4v) is 2.14. The minimum absolute atomic E-state index is 0.112. The number of carbonyl (C=O) groups is 1. The lowest BCUT2D eigenvalue weighted by molar-refractivity contribution is -0.125. The van der Waals surface area contributed by atoms with Crippen LogP contribution in [0.2, 0.25) is 0 Å². The van der Waals surface area contributed by atoms with Gasteiger partial charge in [0.05, 0.1) is 18.8 Å². The number of hydrogen-bond acceptors (Lipinski definition) is 4. The van der Waals surface area contributed by atoms with E-state index < -0.39 is 5.54 Å². The Hall–Kier alpha value is -0.650. The van der Waals surface area contributed by atoms with Crippen LogP contribution in [-0.4, -0.2) is 49.2 Å². The molecule has 0 aromatic rings. The zero-order valence-corrected chi connectivity index (χ0v) is 10.9. The van der Waals surface area contributed by atoms with Crippen molar-refractivity contribution in [1.29, 1.82) is 0 Å². The smallest absolute Gasteiger partial charge is 0.237 e. The van der Waals surface area contributed by atoms with Gasteiger partial charge in [-0.05, 0) is 12.3 Å². The molecule has 1 aliphatic heterocycles. The second-order valence-electron chi connectivity index (χ2n) is 4.92. The van der Waals surface area contributed by atoms with Gasteiger partial charge >= 0.3 is 0 Å². The van der Waals surface area contributed by atoms with Crippen molar-refractivity contribution in [3.8, 4) is 0 Å². The number of carbonyl (C=O) groups excluding carboxylic acids is 1. The van der Waals surface area contributed by atoms with Gasteiger partial charge in [0, 0.05) is 19.6 Å². The summed E-state index contributed by atoms with van der Waals surface area (Å²) in [5, 5.41) is 0. The van der Waals surface area contributed by atoms with Gasteiger partial charge < -0.3 is 16.2 Å². The summed E-state index contributed by atoms with van der Waals surface area (Å²) in [4.78, 5) is 13.8. The Kier molecular flexibility index (Phi) is 5.36. The Balaban J connectivity index is 2.51. The maximum Gasteiger partial charge on any atom is 0.237 e. The highest BCUT2D eigenvalue weighted by molar-refractivity contribution is 5.84. The van der Waals surface area contributed by atoms with Crippen LogP contribution in [-0.2, 0) is 9.53 Å². The molecule has 1 heterocycles. The molecule has 100 valence electrons. The van der Waals surface area contributed by atoms with Gasteiger partial charge in [-0.3, -0.25) is 9.69 Å². The first-order valence-corrected chi connectivity index (χ1v) is 6.39. The molecule has 2 unspecified atom stereocenters. The summed E-state index contributed by atoms with van der Waals surface area (Å²) in [7, 11) is 0. The molecule has 1 amide bonds. The molecule has 1 saturated heterocycles. The third kappa shape index (κ3) is 3.66. The fourth-order valence-electron chi connectivity index (χ4n) is 2.14. The number of nitrogens with zero attached hydrogens (tertiary/aromatic N) is 1. The van der Waals surface area contributed by atoms with Gasteiger partial charge in [0.2, 0.25) is 5.91 Å². The van der Waals surface area contributed by atoms with Gasteiger partial charge in [-0.25, -0.2) is 0 Å². The van der Waals surface area contributed by atoms with Crippen molar-refractivity contribution in [2.24, 2.45) is 17.4 Å². The van der Waals surface area contributed by atoms with Gasteiger partial charge in [0.25, 0.3) is 0 Å². The van der Waals surface area contributed by atoms with Gasteiger partial charge in [-0.1, -0.05) is 20.3 Å². The summed E-state index contributed by atoms with van der Waals surface area (Å²) < 4.78 is 5.28. The van der Waals surface area contributed by atoms with Crippen molar-refractivity contribution in [2.45, 2.75) is 32.2 Å². The van der Waals surface area contributed by atoms with Gasteiger partial charge in [0.1, 0.15) is 0 Å². The van der Waals surface area contributed by atoms with E-state index in [4.69, 9.17) is 16.2 Å². The highest BCUT2D eigenvalue weighted by atomic mass is 16.5. The third-order valence-electron chi connectivity index (χ3n) is 3.90. The SMILES string of the molecule is CCC(C)C(N)(CCN1CCOCC1)C(N)=O. The summed E-state index contributed by atoms with van der Waals surface area (Å²) >= 11 is 0. The van der Waals surface area contributed by atoms with Crippen molar-refractivity contribution in [3.63, 3.8) is 0 Å². The first kappa shape index (κ1) is 14.4. The molecule has 0 aliphatic carbocycles. The van der Waals surface area contributed by atoms with Gasteiger partial charge in [-0.2, -0.15) is 0 Å². The molecule has 0 spiro atoms. The molecule has 0 bridgehead atoms. The van der Waals surface area contributed by atoms with Crippen LogP contribution in [0.5, 0.6) is 0 Å². The van der Waals surface area contributed by atoms with Crippen LogP contribution >= 0.6 is 0 Å². The number of primary amides is 1. The van der Waals surface area contributed by atoms with E-state index in [9.17, 15) is 4.79 Å². The second-order valence-corrected chi connectivity index (χ2v) is 4.92. The van der Waals surface area contributed by atoms with Crippen LogP contribution < -0.4 is 11.5 Å². The average Bonchev–Trinajstić information content (AvgIpc) is 2.35. The van der Waals surface area contributed by atoms with E-state index in [0.717, 1.165) is 39.3 Å². The van der Waals surface area contributed by atoms with E-state index in [1.807, 2.05) is 13.8 Å². The Morgan fingerprint density at radius 1 is 1.47 bits per heavy atom. The number of rotatable bonds is 6. The molecular formula is C12H25N3O2. The van der Waals surface area contributed by atoms with Crippen LogP contribution in [0.4, 0.5) is 0 Å². The number of nitrogens with two attached hydrogens (primary N) is 2. The summed E-state index contributed by atoms with van der Waals surface area (Å²) in [6.07, 6.45) is 1.49. The predicted octanol–water partition coefficient (Wildman–Crippen LogP) is -0.0624. The van der Waals surface area contributed by atoms with Crippen LogP contribution in [0.1, 0.15) is 26.7 Å². The maximum absolute atomic E-state index is 11.5. The zero-order valence-electron chi connectivity index (χ0n) is 10.9. The monoisotopic (exact) mass is 243 g/mol. The van der Waals surface area contributed by atoms with Crippen molar-refractivity contribution < 1.29 is 9.53 Å². The summed E-state index contributed by atoms with van der Waals surface area (Å²) in [6.45, 7) is 8.18. The number of hydrogen-bond donors (Lipinski definition) is 2. The van der Waals surface area contributed by atoms with Crippen molar-refractivity contribution >= 4 is 5.91 Å². The highest BCUT2D eigenvalue weighted by Crippen LogP contribution is 2.22. The standard InChI is InChI=1S/C12H25N3O2/c1-3-10(2)12(14,11(13)16)4-5-15-6-8-17-9-7-15/h10H,3-9,14H2,1-2H3,(H2,13,16). The lowest BCUT2D eigenvalue weighted by atomic mass is 9.80. The molecule has 5 nitrogen and oxygen atoms in total. The van der Waals surface area contributed by atoms with E-state index >= 15 is 0 Å². The van der Waals surface area contributed by atoms with E-state index in [-0.39, 0.29) is 11.8 Å². The van der Waals surface area contributed by atoms with Crippen LogP contribution in [0.3, 0.4) is 0 Å². The Morgan fingerprint density at radius 3 is 2.53 bits per heavy atom. The minimum Gasteiger partial charge on any atom is -0.379 e. The van der Waals surface area contributed by atoms with Crippen LogP contribution in [0.15, 0.2) is 0 Å². The molecule has 2 atom stereocenters. The molecular weight excluding hydrogens is 218 g/mol. The van der Waals surface area contributed by atoms with E-state index in [1.54, 1.807) is 0 Å². The van der Waals surface area contributed by atoms with E-state index in [0.29, 0.717) is 6.42 Å². The topological polar surface area (TPSA) is 81.6 Å². The molecule has 17 heavy (non-hydrogen) atoms. The second kappa shape index (κ2) is 6.33. The summed E-state index contributed by atoms with van der Waals surface area (Å²) in [5.41, 5.74) is 10.8.